The first kappa shape index (κ1) is 13.0. The van der Waals surface area contributed by atoms with Gasteiger partial charge in [-0.3, -0.25) is 4.79 Å². The zero-order valence-corrected chi connectivity index (χ0v) is 10.7. The number of imidazole rings is 1. The standard InChI is InChI=1S/C12H16N6O/c1-2-14-11-4-3-10(16-17-11)12(19)15-6-8-18-7-5-13-9-18/h3-5,7,9H,2,6,8H2,1H3,(H,14,17)(H,15,19). The van der Waals surface area contributed by atoms with E-state index in [1.807, 2.05) is 17.7 Å². The zero-order valence-electron chi connectivity index (χ0n) is 10.7. The number of rotatable bonds is 6. The van der Waals surface area contributed by atoms with Crippen molar-refractivity contribution in [1.82, 2.24) is 25.1 Å². The van der Waals surface area contributed by atoms with Crippen LogP contribution < -0.4 is 10.6 Å². The van der Waals surface area contributed by atoms with Gasteiger partial charge in [0.25, 0.3) is 5.91 Å². The van der Waals surface area contributed by atoms with E-state index in [2.05, 4.69) is 25.8 Å². The number of amides is 1. The molecule has 0 aliphatic rings. The first-order valence-electron chi connectivity index (χ1n) is 6.11. The summed E-state index contributed by atoms with van der Waals surface area (Å²) in [6, 6.07) is 3.39. The van der Waals surface area contributed by atoms with Crippen molar-refractivity contribution >= 4 is 11.7 Å². The number of nitrogens with zero attached hydrogens (tertiary/aromatic N) is 4. The van der Waals surface area contributed by atoms with E-state index in [9.17, 15) is 4.79 Å². The van der Waals surface area contributed by atoms with Crippen molar-refractivity contribution < 1.29 is 4.79 Å². The highest BCUT2D eigenvalue weighted by atomic mass is 16.1. The molecule has 0 radical (unpaired) electrons. The average molecular weight is 260 g/mol. The van der Waals surface area contributed by atoms with Crippen molar-refractivity contribution in [2.24, 2.45) is 0 Å². The van der Waals surface area contributed by atoms with Crippen LogP contribution in [-0.4, -0.2) is 38.7 Å². The van der Waals surface area contributed by atoms with Gasteiger partial charge in [-0.2, -0.15) is 0 Å². The van der Waals surface area contributed by atoms with Gasteiger partial charge in [0.2, 0.25) is 0 Å². The summed E-state index contributed by atoms with van der Waals surface area (Å²) in [6.07, 6.45) is 5.25. The van der Waals surface area contributed by atoms with Gasteiger partial charge in [-0.1, -0.05) is 0 Å². The maximum Gasteiger partial charge on any atom is 0.271 e. The van der Waals surface area contributed by atoms with Gasteiger partial charge in [-0.25, -0.2) is 4.98 Å². The highest BCUT2D eigenvalue weighted by molar-refractivity contribution is 5.92. The molecule has 7 heteroatoms. The van der Waals surface area contributed by atoms with E-state index >= 15 is 0 Å². The minimum absolute atomic E-state index is 0.226. The van der Waals surface area contributed by atoms with E-state index in [0.717, 1.165) is 6.54 Å². The highest BCUT2D eigenvalue weighted by Gasteiger charge is 2.07. The lowest BCUT2D eigenvalue weighted by Crippen LogP contribution is -2.28. The van der Waals surface area contributed by atoms with E-state index in [4.69, 9.17) is 0 Å². The van der Waals surface area contributed by atoms with Crippen LogP contribution in [0.4, 0.5) is 5.82 Å². The van der Waals surface area contributed by atoms with Gasteiger partial charge in [0.15, 0.2) is 5.69 Å². The Kier molecular flexibility index (Phi) is 4.44. The predicted molar refractivity (Wildman–Crippen MR) is 70.8 cm³/mol. The summed E-state index contributed by atoms with van der Waals surface area (Å²) < 4.78 is 1.89. The van der Waals surface area contributed by atoms with Gasteiger partial charge >= 0.3 is 0 Å². The fourth-order valence-electron chi connectivity index (χ4n) is 1.54. The molecule has 0 saturated carbocycles. The van der Waals surface area contributed by atoms with Crippen LogP contribution in [0.15, 0.2) is 30.9 Å². The number of hydrogen-bond acceptors (Lipinski definition) is 5. The average Bonchev–Trinajstić information content (AvgIpc) is 2.93. The van der Waals surface area contributed by atoms with Crippen molar-refractivity contribution in [3.8, 4) is 0 Å². The largest absolute Gasteiger partial charge is 0.369 e. The van der Waals surface area contributed by atoms with Crippen LogP contribution in [-0.2, 0) is 6.54 Å². The second kappa shape index (κ2) is 6.48. The molecule has 0 unspecified atom stereocenters. The van der Waals surface area contributed by atoms with Crippen molar-refractivity contribution in [2.75, 3.05) is 18.4 Å². The van der Waals surface area contributed by atoms with Gasteiger partial charge in [0.05, 0.1) is 6.33 Å². The van der Waals surface area contributed by atoms with Gasteiger partial charge in [-0.05, 0) is 19.1 Å². The van der Waals surface area contributed by atoms with Crippen molar-refractivity contribution in [1.29, 1.82) is 0 Å². The van der Waals surface area contributed by atoms with Crippen LogP contribution in [0.5, 0.6) is 0 Å². The maximum atomic E-state index is 11.8. The molecule has 0 aromatic carbocycles. The Morgan fingerprint density at radius 1 is 1.37 bits per heavy atom. The molecule has 100 valence electrons. The number of anilines is 1. The van der Waals surface area contributed by atoms with Crippen molar-refractivity contribution in [3.63, 3.8) is 0 Å². The van der Waals surface area contributed by atoms with E-state index in [-0.39, 0.29) is 5.91 Å². The van der Waals surface area contributed by atoms with Crippen LogP contribution in [0.2, 0.25) is 0 Å². The molecule has 2 aromatic heterocycles. The summed E-state index contributed by atoms with van der Waals surface area (Å²) in [5.74, 6) is 0.438. The predicted octanol–water partition coefficient (Wildman–Crippen LogP) is 0.535. The minimum atomic E-state index is -0.226. The Labute approximate surface area is 111 Å². The van der Waals surface area contributed by atoms with E-state index in [0.29, 0.717) is 24.6 Å². The molecule has 1 amide bonds. The second-order valence-corrected chi connectivity index (χ2v) is 3.89. The second-order valence-electron chi connectivity index (χ2n) is 3.89. The van der Waals surface area contributed by atoms with Gasteiger partial charge in [-0.15, -0.1) is 10.2 Å². The highest BCUT2D eigenvalue weighted by Crippen LogP contribution is 2.01. The summed E-state index contributed by atoms with van der Waals surface area (Å²) in [7, 11) is 0. The molecule has 2 N–H and O–H groups in total. The molecule has 19 heavy (non-hydrogen) atoms. The summed E-state index contributed by atoms with van der Waals surface area (Å²) in [5.41, 5.74) is 0.312. The Morgan fingerprint density at radius 3 is 2.89 bits per heavy atom. The smallest absolute Gasteiger partial charge is 0.271 e. The first-order chi connectivity index (χ1) is 9.29. The van der Waals surface area contributed by atoms with Crippen LogP contribution >= 0.6 is 0 Å². The van der Waals surface area contributed by atoms with Crippen LogP contribution in [0, 0.1) is 0 Å². The molecule has 0 saturated heterocycles. The molecule has 0 aliphatic carbocycles. The third kappa shape index (κ3) is 3.77. The number of hydrogen-bond donors (Lipinski definition) is 2. The molecule has 0 bridgehead atoms. The number of nitrogens with one attached hydrogen (secondary N) is 2. The molecule has 0 atom stereocenters. The monoisotopic (exact) mass is 260 g/mol. The van der Waals surface area contributed by atoms with Crippen LogP contribution in [0.3, 0.4) is 0 Å². The summed E-state index contributed by atoms with van der Waals surface area (Å²) >= 11 is 0. The van der Waals surface area contributed by atoms with Crippen LogP contribution in [0.25, 0.3) is 0 Å². The van der Waals surface area contributed by atoms with Gasteiger partial charge < -0.3 is 15.2 Å². The van der Waals surface area contributed by atoms with Gasteiger partial charge in [0.1, 0.15) is 5.82 Å². The number of carbonyl (C=O) groups is 1. The fraction of sp³-hybridized carbons (Fsp3) is 0.333. The lowest BCUT2D eigenvalue weighted by atomic mass is 10.3. The number of aromatic nitrogens is 4. The normalized spacial score (nSPS) is 10.2. The quantitative estimate of drug-likeness (QED) is 0.791. The van der Waals surface area contributed by atoms with Gasteiger partial charge in [0, 0.05) is 32.0 Å². The summed E-state index contributed by atoms with van der Waals surface area (Å²) in [4.78, 5) is 15.7. The fourth-order valence-corrected chi connectivity index (χ4v) is 1.54. The van der Waals surface area contributed by atoms with Crippen molar-refractivity contribution in [3.05, 3.63) is 36.5 Å². The topological polar surface area (TPSA) is 84.7 Å². The SMILES string of the molecule is CCNc1ccc(C(=O)NCCn2ccnc2)nn1. The molecule has 2 aromatic rings. The third-order valence-electron chi connectivity index (χ3n) is 2.47. The Balaban J connectivity index is 1.82. The minimum Gasteiger partial charge on any atom is -0.369 e. The molecule has 2 rings (SSSR count). The van der Waals surface area contributed by atoms with E-state index in [1.165, 1.54) is 0 Å². The van der Waals surface area contributed by atoms with E-state index < -0.39 is 0 Å². The first-order valence-corrected chi connectivity index (χ1v) is 6.11. The Morgan fingerprint density at radius 2 is 2.26 bits per heavy atom. The molecule has 0 aliphatic heterocycles. The zero-order chi connectivity index (χ0) is 13.5. The number of carbonyl (C=O) groups excluding carboxylic acids is 1. The lowest BCUT2D eigenvalue weighted by Gasteiger charge is -2.05. The Hall–Kier alpha value is -2.44. The summed E-state index contributed by atoms with van der Waals surface area (Å²) in [5, 5.41) is 13.6. The molecular formula is C12H16N6O. The van der Waals surface area contributed by atoms with E-state index in [1.54, 1.807) is 24.7 Å². The molecule has 2 heterocycles. The maximum absolute atomic E-state index is 11.8. The molecule has 0 fully saturated rings. The van der Waals surface area contributed by atoms with Crippen LogP contribution in [0.1, 0.15) is 17.4 Å². The summed E-state index contributed by atoms with van der Waals surface area (Å²) in [6.45, 7) is 3.93. The van der Waals surface area contributed by atoms with Crippen molar-refractivity contribution in [2.45, 2.75) is 13.5 Å². The molecule has 0 spiro atoms. The lowest BCUT2D eigenvalue weighted by molar-refractivity contribution is 0.0946. The third-order valence-corrected chi connectivity index (χ3v) is 2.47. The molecular weight excluding hydrogens is 244 g/mol. The molecule has 7 nitrogen and oxygen atoms in total. The Bertz CT molecular complexity index is 508.